The third-order valence-corrected chi connectivity index (χ3v) is 3.99. The second kappa shape index (κ2) is 6.88. The molecule has 0 aromatic carbocycles. The van der Waals surface area contributed by atoms with Crippen LogP contribution < -0.4 is 5.32 Å². The number of amides is 1. The number of rotatable bonds is 6. The van der Waals surface area contributed by atoms with Crippen LogP contribution in [0.15, 0.2) is 12.3 Å². The first-order valence-corrected chi connectivity index (χ1v) is 7.55. The van der Waals surface area contributed by atoms with Crippen molar-refractivity contribution in [2.24, 2.45) is 5.92 Å². The summed E-state index contributed by atoms with van der Waals surface area (Å²) in [5.74, 6) is -0.0241. The van der Waals surface area contributed by atoms with E-state index in [-0.39, 0.29) is 18.2 Å². The molecule has 0 radical (unpaired) electrons. The van der Waals surface area contributed by atoms with Crippen LogP contribution in [0.5, 0.6) is 0 Å². The first kappa shape index (κ1) is 15.0. The highest BCUT2D eigenvalue weighted by molar-refractivity contribution is 5.76. The van der Waals surface area contributed by atoms with Gasteiger partial charge in [0.25, 0.3) is 0 Å². The number of nitrogens with one attached hydrogen (secondary N) is 1. The van der Waals surface area contributed by atoms with Crippen molar-refractivity contribution in [2.75, 3.05) is 0 Å². The molecular formula is C15H25N3O2. The summed E-state index contributed by atoms with van der Waals surface area (Å²) in [5, 5.41) is 17.0. The van der Waals surface area contributed by atoms with Crippen LogP contribution in [0.1, 0.15) is 57.7 Å². The molecule has 2 rings (SSSR count). The van der Waals surface area contributed by atoms with Crippen molar-refractivity contribution in [2.45, 2.75) is 64.6 Å². The van der Waals surface area contributed by atoms with Gasteiger partial charge in [-0.1, -0.05) is 26.7 Å². The fourth-order valence-corrected chi connectivity index (χ4v) is 2.53. The molecule has 0 spiro atoms. The van der Waals surface area contributed by atoms with E-state index in [2.05, 4.69) is 10.4 Å². The van der Waals surface area contributed by atoms with Gasteiger partial charge in [0.05, 0.1) is 30.8 Å². The van der Waals surface area contributed by atoms with Crippen molar-refractivity contribution >= 4 is 5.91 Å². The van der Waals surface area contributed by atoms with Gasteiger partial charge in [-0.3, -0.25) is 9.48 Å². The van der Waals surface area contributed by atoms with Gasteiger partial charge in [-0.2, -0.15) is 5.10 Å². The van der Waals surface area contributed by atoms with Gasteiger partial charge in [0.1, 0.15) is 0 Å². The molecule has 112 valence electrons. The van der Waals surface area contributed by atoms with Gasteiger partial charge in [-0.25, -0.2) is 0 Å². The lowest BCUT2D eigenvalue weighted by molar-refractivity contribution is -0.123. The van der Waals surface area contributed by atoms with Gasteiger partial charge in [0.2, 0.25) is 5.91 Å². The fraction of sp³-hybridized carbons (Fsp3) is 0.733. The summed E-state index contributed by atoms with van der Waals surface area (Å²) in [4.78, 5) is 11.7. The molecule has 1 aliphatic rings. The Hall–Kier alpha value is -1.36. The van der Waals surface area contributed by atoms with Gasteiger partial charge >= 0.3 is 0 Å². The Kier molecular flexibility index (Phi) is 5.17. The van der Waals surface area contributed by atoms with E-state index in [1.807, 2.05) is 30.8 Å². The minimum Gasteiger partial charge on any atom is -0.392 e. The van der Waals surface area contributed by atoms with Crippen LogP contribution in [0.3, 0.4) is 0 Å². The lowest BCUT2D eigenvalue weighted by Crippen LogP contribution is -2.29. The summed E-state index contributed by atoms with van der Waals surface area (Å²) in [7, 11) is 0. The molecule has 1 aromatic heterocycles. The summed E-state index contributed by atoms with van der Waals surface area (Å²) >= 11 is 0. The number of hydrogen-bond acceptors (Lipinski definition) is 3. The summed E-state index contributed by atoms with van der Waals surface area (Å²) in [6.45, 7) is 4.24. The number of aliphatic hydroxyl groups excluding tert-OH is 1. The number of hydrogen-bond donors (Lipinski definition) is 2. The smallest absolute Gasteiger partial charge is 0.222 e. The molecule has 0 saturated heterocycles. The van der Waals surface area contributed by atoms with Crippen LogP contribution in [-0.2, 0) is 11.3 Å². The number of carbonyl (C=O) groups excluding carboxylic acids is 1. The molecule has 5 nitrogen and oxygen atoms in total. The highest BCUT2D eigenvalue weighted by Crippen LogP contribution is 2.28. The minimum absolute atomic E-state index is 0.0994. The quantitative estimate of drug-likeness (QED) is 0.837. The minimum atomic E-state index is -0.578. The van der Waals surface area contributed by atoms with Crippen LogP contribution in [-0.4, -0.2) is 26.9 Å². The highest BCUT2D eigenvalue weighted by Gasteiger charge is 2.18. The standard InChI is InChI=1S/C15H25N3O2/c1-11(2)14(19)9-15(20)16-10-12-7-8-18(17-12)13-5-3-4-6-13/h7-8,11,13-14,19H,3-6,9-10H2,1-2H3,(H,16,20). The molecule has 1 unspecified atom stereocenters. The average molecular weight is 279 g/mol. The summed E-state index contributed by atoms with van der Waals surface area (Å²) in [5.41, 5.74) is 0.879. The largest absolute Gasteiger partial charge is 0.392 e. The number of carbonyl (C=O) groups is 1. The van der Waals surface area contributed by atoms with E-state index in [0.717, 1.165) is 5.69 Å². The molecule has 1 atom stereocenters. The van der Waals surface area contributed by atoms with E-state index in [1.54, 1.807) is 0 Å². The molecule has 1 heterocycles. The number of nitrogens with zero attached hydrogens (tertiary/aromatic N) is 2. The second-order valence-electron chi connectivity index (χ2n) is 6.02. The molecule has 1 saturated carbocycles. The third kappa shape index (κ3) is 4.07. The number of aliphatic hydroxyl groups is 1. The zero-order chi connectivity index (χ0) is 14.5. The maximum absolute atomic E-state index is 11.7. The molecule has 0 bridgehead atoms. The van der Waals surface area contributed by atoms with E-state index in [4.69, 9.17) is 0 Å². The predicted molar refractivity (Wildman–Crippen MR) is 77.0 cm³/mol. The SMILES string of the molecule is CC(C)C(O)CC(=O)NCc1ccn(C2CCCC2)n1. The van der Waals surface area contributed by atoms with E-state index in [0.29, 0.717) is 12.6 Å². The van der Waals surface area contributed by atoms with Crippen molar-refractivity contribution < 1.29 is 9.90 Å². The molecule has 1 aliphatic carbocycles. The Morgan fingerprint density at radius 2 is 2.20 bits per heavy atom. The van der Waals surface area contributed by atoms with Gasteiger partial charge in [-0.05, 0) is 24.8 Å². The highest BCUT2D eigenvalue weighted by atomic mass is 16.3. The average Bonchev–Trinajstić information content (AvgIpc) is 3.07. The first-order chi connectivity index (χ1) is 9.56. The van der Waals surface area contributed by atoms with Crippen molar-refractivity contribution in [3.05, 3.63) is 18.0 Å². The molecule has 1 fully saturated rings. The molecule has 5 heteroatoms. The van der Waals surface area contributed by atoms with Crippen molar-refractivity contribution in [1.29, 1.82) is 0 Å². The van der Waals surface area contributed by atoms with E-state index < -0.39 is 6.10 Å². The van der Waals surface area contributed by atoms with Gasteiger partial charge < -0.3 is 10.4 Å². The van der Waals surface area contributed by atoms with Crippen molar-refractivity contribution in [3.8, 4) is 0 Å². The summed E-state index contributed by atoms with van der Waals surface area (Å²) in [6, 6.07) is 2.49. The monoisotopic (exact) mass is 279 g/mol. The molecule has 1 amide bonds. The fourth-order valence-electron chi connectivity index (χ4n) is 2.53. The normalized spacial score (nSPS) is 17.6. The molecule has 2 N–H and O–H groups in total. The van der Waals surface area contributed by atoms with E-state index >= 15 is 0 Å². The molecule has 0 aliphatic heterocycles. The van der Waals surface area contributed by atoms with Crippen LogP contribution in [0.4, 0.5) is 0 Å². The van der Waals surface area contributed by atoms with Gasteiger partial charge in [-0.15, -0.1) is 0 Å². The predicted octanol–water partition coefficient (Wildman–Crippen LogP) is 2.02. The van der Waals surface area contributed by atoms with E-state index in [9.17, 15) is 9.90 Å². The Bertz CT molecular complexity index is 436. The Morgan fingerprint density at radius 1 is 1.50 bits per heavy atom. The van der Waals surface area contributed by atoms with Gasteiger partial charge in [0.15, 0.2) is 0 Å². The lowest BCUT2D eigenvalue weighted by atomic mass is 10.0. The molecule has 1 aromatic rings. The van der Waals surface area contributed by atoms with Crippen LogP contribution in [0.2, 0.25) is 0 Å². The zero-order valence-electron chi connectivity index (χ0n) is 12.4. The third-order valence-electron chi connectivity index (χ3n) is 3.99. The van der Waals surface area contributed by atoms with Crippen LogP contribution in [0.25, 0.3) is 0 Å². The maximum atomic E-state index is 11.7. The Labute approximate surface area is 120 Å². The molecular weight excluding hydrogens is 254 g/mol. The first-order valence-electron chi connectivity index (χ1n) is 7.55. The maximum Gasteiger partial charge on any atom is 0.222 e. The molecule has 20 heavy (non-hydrogen) atoms. The Balaban J connectivity index is 1.77. The lowest BCUT2D eigenvalue weighted by Gasteiger charge is -2.13. The second-order valence-corrected chi connectivity index (χ2v) is 6.02. The zero-order valence-corrected chi connectivity index (χ0v) is 12.4. The van der Waals surface area contributed by atoms with E-state index in [1.165, 1.54) is 25.7 Å². The summed E-state index contributed by atoms with van der Waals surface area (Å²) in [6.07, 6.45) is 6.54. The van der Waals surface area contributed by atoms with Gasteiger partial charge in [0, 0.05) is 6.20 Å². The van der Waals surface area contributed by atoms with Crippen LogP contribution in [0, 0.1) is 5.92 Å². The topological polar surface area (TPSA) is 67.2 Å². The number of aromatic nitrogens is 2. The van der Waals surface area contributed by atoms with Crippen molar-refractivity contribution in [3.63, 3.8) is 0 Å². The Morgan fingerprint density at radius 3 is 2.85 bits per heavy atom. The van der Waals surface area contributed by atoms with Crippen molar-refractivity contribution in [1.82, 2.24) is 15.1 Å². The van der Waals surface area contributed by atoms with Crippen LogP contribution >= 0.6 is 0 Å². The summed E-state index contributed by atoms with van der Waals surface area (Å²) < 4.78 is 2.03.